The van der Waals surface area contributed by atoms with Crippen molar-refractivity contribution in [1.29, 1.82) is 0 Å². The van der Waals surface area contributed by atoms with Crippen molar-refractivity contribution in [1.82, 2.24) is 0 Å². The highest BCUT2D eigenvalue weighted by molar-refractivity contribution is 7.13. The van der Waals surface area contributed by atoms with E-state index < -0.39 is 11.3 Å². The van der Waals surface area contributed by atoms with E-state index in [1.54, 1.807) is 5.38 Å². The summed E-state index contributed by atoms with van der Waals surface area (Å²) in [7, 11) is 0. The average molecular weight is 318 g/mol. The molecule has 1 heterocycles. The molecular weight excluding hydrogens is 309 g/mol. The molecule has 0 atom stereocenters. The average Bonchev–Trinajstić information content (AvgIpc) is 2.85. The molecule has 1 aromatic heterocycles. The number of thiophene rings is 1. The van der Waals surface area contributed by atoms with Crippen LogP contribution in [-0.2, 0) is 6.54 Å². The summed E-state index contributed by atoms with van der Waals surface area (Å²) in [4.78, 5) is 10.1. The minimum absolute atomic E-state index is 0.0423. The van der Waals surface area contributed by atoms with E-state index in [1.165, 1.54) is 30.3 Å². The Bertz CT molecular complexity index is 625. The fourth-order valence-corrected chi connectivity index (χ4v) is 2.26. The first-order valence-electron chi connectivity index (χ1n) is 5.65. The van der Waals surface area contributed by atoms with Gasteiger partial charge in [0.25, 0.3) is 0 Å². The Hall–Kier alpha value is -2.29. The molecular formula is C12H9F3N2O3S. The van der Waals surface area contributed by atoms with Gasteiger partial charge in [0.05, 0.1) is 4.92 Å². The van der Waals surface area contributed by atoms with Crippen LogP contribution >= 0.6 is 11.3 Å². The van der Waals surface area contributed by atoms with Crippen LogP contribution in [0.15, 0.2) is 35.7 Å². The van der Waals surface area contributed by atoms with Crippen molar-refractivity contribution in [2.45, 2.75) is 12.9 Å². The zero-order valence-corrected chi connectivity index (χ0v) is 11.2. The van der Waals surface area contributed by atoms with E-state index in [9.17, 15) is 23.3 Å². The van der Waals surface area contributed by atoms with Crippen molar-refractivity contribution in [3.63, 3.8) is 0 Å². The van der Waals surface area contributed by atoms with E-state index in [-0.39, 0.29) is 10.8 Å². The standard InChI is InChI=1S/C12H9F3N2O3S/c13-12(14,15)20-10-3-1-9(2-4-10)16-6-8-5-11(17(18)19)21-7-8/h1-5,7,16H,6H2. The van der Waals surface area contributed by atoms with Gasteiger partial charge in [-0.15, -0.1) is 13.2 Å². The summed E-state index contributed by atoms with van der Waals surface area (Å²) < 4.78 is 39.7. The van der Waals surface area contributed by atoms with Crippen molar-refractivity contribution in [2.75, 3.05) is 5.32 Å². The van der Waals surface area contributed by atoms with Gasteiger partial charge in [0.1, 0.15) is 5.75 Å². The fourth-order valence-electron chi connectivity index (χ4n) is 1.53. The van der Waals surface area contributed by atoms with E-state index in [4.69, 9.17) is 0 Å². The summed E-state index contributed by atoms with van der Waals surface area (Å²) in [6.45, 7) is 0.337. The maximum absolute atomic E-state index is 12.0. The summed E-state index contributed by atoms with van der Waals surface area (Å²) in [6.07, 6.45) is -4.72. The second-order valence-corrected chi connectivity index (χ2v) is 4.87. The van der Waals surface area contributed by atoms with Gasteiger partial charge in [-0.2, -0.15) is 0 Å². The molecule has 1 aromatic carbocycles. The number of anilines is 1. The lowest BCUT2D eigenvalue weighted by Gasteiger charge is -2.10. The minimum atomic E-state index is -4.72. The summed E-state index contributed by atoms with van der Waals surface area (Å²) in [6, 6.07) is 6.68. The zero-order chi connectivity index (χ0) is 15.5. The molecule has 5 nitrogen and oxygen atoms in total. The quantitative estimate of drug-likeness (QED) is 0.664. The topological polar surface area (TPSA) is 64.4 Å². The van der Waals surface area contributed by atoms with Crippen molar-refractivity contribution < 1.29 is 22.8 Å². The molecule has 2 aromatic rings. The molecule has 0 saturated carbocycles. The fraction of sp³-hybridized carbons (Fsp3) is 0.167. The predicted octanol–water partition coefficient (Wildman–Crippen LogP) is 4.17. The summed E-state index contributed by atoms with van der Waals surface area (Å²) >= 11 is 1.02. The molecule has 2 rings (SSSR count). The van der Waals surface area contributed by atoms with Crippen molar-refractivity contribution >= 4 is 22.0 Å². The number of benzene rings is 1. The molecule has 0 radical (unpaired) electrons. The van der Waals surface area contributed by atoms with Crippen LogP contribution in [0.4, 0.5) is 23.9 Å². The second-order valence-electron chi connectivity index (χ2n) is 3.98. The van der Waals surface area contributed by atoms with E-state index in [2.05, 4.69) is 10.1 Å². The van der Waals surface area contributed by atoms with Gasteiger partial charge in [-0.3, -0.25) is 10.1 Å². The maximum Gasteiger partial charge on any atom is 0.573 e. The Morgan fingerprint density at radius 3 is 2.48 bits per heavy atom. The van der Waals surface area contributed by atoms with Crippen LogP contribution in [-0.4, -0.2) is 11.3 Å². The maximum atomic E-state index is 12.0. The SMILES string of the molecule is O=[N+]([O-])c1cc(CNc2ccc(OC(F)(F)F)cc2)cs1. The third-order valence-corrected chi connectivity index (χ3v) is 3.33. The Morgan fingerprint density at radius 2 is 1.95 bits per heavy atom. The lowest BCUT2D eigenvalue weighted by molar-refractivity contribution is -0.380. The molecule has 1 N–H and O–H groups in total. The molecule has 0 unspecified atom stereocenters. The van der Waals surface area contributed by atoms with Crippen molar-refractivity contribution in [3.8, 4) is 5.75 Å². The first-order chi connectivity index (χ1) is 9.83. The van der Waals surface area contributed by atoms with Gasteiger partial charge in [0.2, 0.25) is 0 Å². The highest BCUT2D eigenvalue weighted by Gasteiger charge is 2.30. The van der Waals surface area contributed by atoms with Gasteiger partial charge in [-0.05, 0) is 29.8 Å². The van der Waals surface area contributed by atoms with Gasteiger partial charge in [-0.25, -0.2) is 0 Å². The Labute approximate surface area is 121 Å². The van der Waals surface area contributed by atoms with E-state index in [0.717, 1.165) is 16.9 Å². The number of rotatable bonds is 5. The van der Waals surface area contributed by atoms with Crippen LogP contribution in [0.2, 0.25) is 0 Å². The molecule has 21 heavy (non-hydrogen) atoms. The van der Waals surface area contributed by atoms with Crippen molar-refractivity contribution in [2.24, 2.45) is 0 Å². The molecule has 0 aliphatic carbocycles. The molecule has 0 fully saturated rings. The smallest absolute Gasteiger partial charge is 0.406 e. The number of halogens is 3. The minimum Gasteiger partial charge on any atom is -0.406 e. The molecule has 112 valence electrons. The van der Waals surface area contributed by atoms with Crippen molar-refractivity contribution in [3.05, 3.63) is 51.4 Å². The summed E-state index contributed by atoms with van der Waals surface area (Å²) in [5.41, 5.74) is 1.31. The van der Waals surface area contributed by atoms with Crippen LogP contribution in [0.25, 0.3) is 0 Å². The Balaban J connectivity index is 1.92. The number of hydrogen-bond acceptors (Lipinski definition) is 5. The number of ether oxygens (including phenoxy) is 1. The van der Waals surface area contributed by atoms with Crippen LogP contribution in [0.5, 0.6) is 5.75 Å². The molecule has 0 amide bonds. The predicted molar refractivity (Wildman–Crippen MR) is 71.4 cm³/mol. The van der Waals surface area contributed by atoms with Crippen LogP contribution in [0.1, 0.15) is 5.56 Å². The number of nitro groups is 1. The van der Waals surface area contributed by atoms with Gasteiger partial charge in [-0.1, -0.05) is 11.3 Å². The monoisotopic (exact) mass is 318 g/mol. The molecule has 0 aliphatic heterocycles. The van der Waals surface area contributed by atoms with Crippen LogP contribution in [0.3, 0.4) is 0 Å². The number of alkyl halides is 3. The summed E-state index contributed by atoms with van der Waals surface area (Å²) in [5, 5.41) is 15.2. The number of hydrogen-bond donors (Lipinski definition) is 1. The largest absolute Gasteiger partial charge is 0.573 e. The molecule has 0 spiro atoms. The van der Waals surface area contributed by atoms with E-state index in [0.29, 0.717) is 12.2 Å². The number of nitrogens with zero attached hydrogens (tertiary/aromatic N) is 1. The summed E-state index contributed by atoms with van der Waals surface area (Å²) in [5.74, 6) is -0.306. The molecule has 0 aliphatic rings. The van der Waals surface area contributed by atoms with Gasteiger partial charge in [0.15, 0.2) is 0 Å². The zero-order valence-electron chi connectivity index (χ0n) is 10.4. The molecule has 0 saturated heterocycles. The third-order valence-electron chi connectivity index (χ3n) is 2.40. The van der Waals surface area contributed by atoms with Gasteiger partial charge >= 0.3 is 11.4 Å². The Kier molecular flexibility index (Phi) is 4.32. The van der Waals surface area contributed by atoms with Gasteiger partial charge in [0, 0.05) is 23.7 Å². The highest BCUT2D eigenvalue weighted by Crippen LogP contribution is 2.25. The lowest BCUT2D eigenvalue weighted by Crippen LogP contribution is -2.17. The molecule has 0 bridgehead atoms. The van der Waals surface area contributed by atoms with Crippen LogP contribution in [0, 0.1) is 10.1 Å². The lowest BCUT2D eigenvalue weighted by atomic mass is 10.2. The normalized spacial score (nSPS) is 11.2. The van der Waals surface area contributed by atoms with Gasteiger partial charge < -0.3 is 10.1 Å². The van der Waals surface area contributed by atoms with E-state index >= 15 is 0 Å². The third kappa shape index (κ3) is 4.63. The van der Waals surface area contributed by atoms with Crippen LogP contribution < -0.4 is 10.1 Å². The molecule has 9 heteroatoms. The first-order valence-corrected chi connectivity index (χ1v) is 6.53. The number of nitrogens with one attached hydrogen (secondary N) is 1. The highest BCUT2D eigenvalue weighted by atomic mass is 32.1. The first kappa shape index (κ1) is 15.1. The second kappa shape index (κ2) is 6.00. The van der Waals surface area contributed by atoms with E-state index in [1.807, 2.05) is 0 Å². The Morgan fingerprint density at radius 1 is 1.29 bits per heavy atom.